The van der Waals surface area contributed by atoms with E-state index >= 15 is 0 Å². The molecule has 7 nitrogen and oxygen atoms in total. The monoisotopic (exact) mass is 388 g/mol. The molecule has 0 bridgehead atoms. The standard InChI is InChI=1S/C19H18F2N4O3/c1-9(2)11-8-22-16-14(18(27)25(4)19(28)24(16)3)15(11)23-17(26)10-5-6-12(20)13(21)7-10/h5-9H,1-4H3,(H,22,23,26). The number of halogens is 2. The van der Waals surface area contributed by atoms with Crippen LogP contribution < -0.4 is 16.6 Å². The number of carbonyl (C=O) groups excluding carboxylic acids is 1. The van der Waals surface area contributed by atoms with Crippen LogP contribution in [0.15, 0.2) is 34.0 Å². The summed E-state index contributed by atoms with van der Waals surface area (Å²) in [5.74, 6) is -3.06. The van der Waals surface area contributed by atoms with Gasteiger partial charge in [0.05, 0.1) is 5.69 Å². The summed E-state index contributed by atoms with van der Waals surface area (Å²) in [6.45, 7) is 3.70. The van der Waals surface area contributed by atoms with Gasteiger partial charge in [-0.15, -0.1) is 0 Å². The summed E-state index contributed by atoms with van der Waals surface area (Å²) < 4.78 is 28.8. The van der Waals surface area contributed by atoms with E-state index in [9.17, 15) is 23.2 Å². The molecule has 146 valence electrons. The summed E-state index contributed by atoms with van der Waals surface area (Å²) in [6.07, 6.45) is 1.48. The number of rotatable bonds is 3. The maximum atomic E-state index is 13.5. The van der Waals surface area contributed by atoms with Gasteiger partial charge in [0, 0.05) is 25.9 Å². The Labute approximate surface area is 158 Å². The molecule has 0 saturated heterocycles. The van der Waals surface area contributed by atoms with Gasteiger partial charge >= 0.3 is 5.69 Å². The Bertz CT molecular complexity index is 1230. The van der Waals surface area contributed by atoms with E-state index in [-0.39, 0.29) is 28.2 Å². The van der Waals surface area contributed by atoms with Crippen LogP contribution in [0.25, 0.3) is 11.0 Å². The Hall–Kier alpha value is -3.36. The van der Waals surface area contributed by atoms with E-state index in [1.54, 1.807) is 0 Å². The highest BCUT2D eigenvalue weighted by Crippen LogP contribution is 2.29. The Kier molecular flexibility index (Phi) is 4.84. The van der Waals surface area contributed by atoms with Crippen LogP contribution in [0.2, 0.25) is 0 Å². The van der Waals surface area contributed by atoms with Crippen molar-refractivity contribution >= 4 is 22.6 Å². The maximum Gasteiger partial charge on any atom is 0.332 e. The van der Waals surface area contributed by atoms with E-state index in [0.717, 1.165) is 22.8 Å². The van der Waals surface area contributed by atoms with Crippen LogP contribution >= 0.6 is 0 Å². The summed E-state index contributed by atoms with van der Waals surface area (Å²) >= 11 is 0. The summed E-state index contributed by atoms with van der Waals surface area (Å²) in [5.41, 5.74) is -0.419. The number of aryl methyl sites for hydroxylation is 1. The molecule has 0 aliphatic rings. The second-order valence-corrected chi connectivity index (χ2v) is 6.73. The zero-order chi connectivity index (χ0) is 20.7. The number of fused-ring (bicyclic) bond motifs is 1. The fourth-order valence-corrected chi connectivity index (χ4v) is 2.94. The van der Waals surface area contributed by atoms with Gasteiger partial charge in [-0.2, -0.15) is 0 Å². The Morgan fingerprint density at radius 2 is 1.79 bits per heavy atom. The molecule has 0 aliphatic heterocycles. The maximum absolute atomic E-state index is 13.5. The molecule has 1 aromatic carbocycles. The van der Waals surface area contributed by atoms with Gasteiger partial charge in [-0.3, -0.25) is 18.7 Å². The molecule has 2 heterocycles. The van der Waals surface area contributed by atoms with Crippen molar-refractivity contribution in [3.63, 3.8) is 0 Å². The fraction of sp³-hybridized carbons (Fsp3) is 0.263. The summed E-state index contributed by atoms with van der Waals surface area (Å²) in [5, 5.41) is 2.68. The first-order valence-electron chi connectivity index (χ1n) is 8.48. The van der Waals surface area contributed by atoms with E-state index in [1.807, 2.05) is 13.8 Å². The normalized spacial score (nSPS) is 11.2. The van der Waals surface area contributed by atoms with Crippen LogP contribution in [-0.2, 0) is 14.1 Å². The number of hydrogen-bond donors (Lipinski definition) is 1. The third-order valence-electron chi connectivity index (χ3n) is 4.54. The van der Waals surface area contributed by atoms with Crippen molar-refractivity contribution in [3.05, 3.63) is 68.0 Å². The number of aromatic nitrogens is 3. The van der Waals surface area contributed by atoms with Crippen LogP contribution in [0, 0.1) is 11.6 Å². The molecular formula is C19H18F2N4O3. The summed E-state index contributed by atoms with van der Waals surface area (Å²) in [4.78, 5) is 41.8. The molecule has 0 unspecified atom stereocenters. The first-order valence-corrected chi connectivity index (χ1v) is 8.48. The topological polar surface area (TPSA) is 86.0 Å². The number of nitrogens with zero attached hydrogens (tertiary/aromatic N) is 3. The van der Waals surface area contributed by atoms with Crippen molar-refractivity contribution in [2.45, 2.75) is 19.8 Å². The number of anilines is 1. The van der Waals surface area contributed by atoms with Crippen LogP contribution in [0.1, 0.15) is 35.7 Å². The van der Waals surface area contributed by atoms with Crippen LogP contribution in [0.4, 0.5) is 14.5 Å². The average Bonchev–Trinajstić information content (AvgIpc) is 2.66. The number of amides is 1. The third kappa shape index (κ3) is 3.08. The summed E-state index contributed by atoms with van der Waals surface area (Å²) in [7, 11) is 2.79. The first-order chi connectivity index (χ1) is 13.1. The van der Waals surface area contributed by atoms with Crippen molar-refractivity contribution in [2.24, 2.45) is 14.1 Å². The summed E-state index contributed by atoms with van der Waals surface area (Å²) in [6, 6.07) is 2.76. The third-order valence-corrected chi connectivity index (χ3v) is 4.54. The molecule has 9 heteroatoms. The molecule has 0 atom stereocenters. The van der Waals surface area contributed by atoms with Gasteiger partial charge in [0.1, 0.15) is 5.39 Å². The number of hydrogen-bond acceptors (Lipinski definition) is 4. The molecule has 3 aromatic rings. The predicted molar refractivity (Wildman–Crippen MR) is 101 cm³/mol. The largest absolute Gasteiger partial charge is 0.332 e. The second kappa shape index (κ2) is 6.99. The highest BCUT2D eigenvalue weighted by atomic mass is 19.2. The number of pyridine rings is 1. The van der Waals surface area contributed by atoms with Gasteiger partial charge in [0.25, 0.3) is 11.5 Å². The van der Waals surface area contributed by atoms with Crippen LogP contribution in [0.3, 0.4) is 0 Å². The van der Waals surface area contributed by atoms with E-state index in [0.29, 0.717) is 5.56 Å². The first kappa shape index (κ1) is 19.4. The Morgan fingerprint density at radius 1 is 1.11 bits per heavy atom. The molecule has 0 radical (unpaired) electrons. The number of nitrogens with one attached hydrogen (secondary N) is 1. The van der Waals surface area contributed by atoms with E-state index in [4.69, 9.17) is 0 Å². The molecule has 0 spiro atoms. The van der Waals surface area contributed by atoms with E-state index in [2.05, 4.69) is 10.3 Å². The molecule has 1 N–H and O–H groups in total. The molecular weight excluding hydrogens is 370 g/mol. The molecule has 0 saturated carbocycles. The molecule has 0 fully saturated rings. The highest BCUT2D eigenvalue weighted by molar-refractivity contribution is 6.09. The lowest BCUT2D eigenvalue weighted by molar-refractivity contribution is 0.102. The van der Waals surface area contributed by atoms with Gasteiger partial charge in [-0.25, -0.2) is 18.6 Å². The van der Waals surface area contributed by atoms with Crippen molar-refractivity contribution < 1.29 is 13.6 Å². The lowest BCUT2D eigenvalue weighted by atomic mass is 10.0. The van der Waals surface area contributed by atoms with Crippen LogP contribution in [0.5, 0.6) is 0 Å². The minimum atomic E-state index is -1.16. The van der Waals surface area contributed by atoms with E-state index in [1.165, 1.54) is 24.9 Å². The molecule has 2 aromatic heterocycles. The van der Waals surface area contributed by atoms with Gasteiger partial charge in [-0.1, -0.05) is 13.8 Å². The fourth-order valence-electron chi connectivity index (χ4n) is 2.94. The molecule has 28 heavy (non-hydrogen) atoms. The van der Waals surface area contributed by atoms with Crippen molar-refractivity contribution in [1.29, 1.82) is 0 Å². The quantitative estimate of drug-likeness (QED) is 0.746. The highest BCUT2D eigenvalue weighted by Gasteiger charge is 2.21. The lowest BCUT2D eigenvalue weighted by Gasteiger charge is -2.17. The zero-order valence-electron chi connectivity index (χ0n) is 15.7. The average molecular weight is 388 g/mol. The predicted octanol–water partition coefficient (Wildman–Crippen LogP) is 2.29. The van der Waals surface area contributed by atoms with Gasteiger partial charge in [0.2, 0.25) is 0 Å². The van der Waals surface area contributed by atoms with Gasteiger partial charge in [-0.05, 0) is 29.7 Å². The molecule has 0 aliphatic carbocycles. The number of benzene rings is 1. The van der Waals surface area contributed by atoms with Gasteiger partial charge < -0.3 is 5.32 Å². The van der Waals surface area contributed by atoms with Crippen molar-refractivity contribution in [1.82, 2.24) is 14.1 Å². The molecule has 3 rings (SSSR count). The molecule has 1 amide bonds. The Morgan fingerprint density at radius 3 is 2.39 bits per heavy atom. The smallest absolute Gasteiger partial charge is 0.321 e. The van der Waals surface area contributed by atoms with Crippen molar-refractivity contribution in [2.75, 3.05) is 5.32 Å². The van der Waals surface area contributed by atoms with Crippen LogP contribution in [-0.4, -0.2) is 20.0 Å². The second-order valence-electron chi connectivity index (χ2n) is 6.73. The van der Waals surface area contributed by atoms with Gasteiger partial charge in [0.15, 0.2) is 17.3 Å². The number of carbonyl (C=O) groups is 1. The lowest BCUT2D eigenvalue weighted by Crippen LogP contribution is -2.38. The van der Waals surface area contributed by atoms with Crippen molar-refractivity contribution in [3.8, 4) is 0 Å². The Balaban J connectivity index is 2.27. The minimum Gasteiger partial charge on any atom is -0.321 e. The SMILES string of the molecule is CC(C)c1cnc2c(c1NC(=O)c1ccc(F)c(F)c1)c(=O)n(C)c(=O)n2C. The minimum absolute atomic E-state index is 0.0618. The zero-order valence-corrected chi connectivity index (χ0v) is 15.7. The van der Waals surface area contributed by atoms with E-state index < -0.39 is 28.8 Å².